The van der Waals surface area contributed by atoms with E-state index >= 15 is 0 Å². The molecule has 1 aliphatic rings. The van der Waals surface area contributed by atoms with Crippen LogP contribution >= 0.6 is 0 Å². The normalized spacial score (nSPS) is 20.2. The Bertz CT molecular complexity index is 544. The average molecular weight is 260 g/mol. The lowest BCUT2D eigenvalue weighted by molar-refractivity contribution is 0.408. The zero-order valence-electron chi connectivity index (χ0n) is 10.7. The fourth-order valence-corrected chi connectivity index (χ4v) is 2.61. The first kappa shape index (κ1) is 12.3. The fourth-order valence-electron chi connectivity index (χ4n) is 2.61. The van der Waals surface area contributed by atoms with Crippen molar-refractivity contribution in [3.63, 3.8) is 0 Å². The quantitative estimate of drug-likeness (QED) is 0.901. The van der Waals surface area contributed by atoms with Gasteiger partial charge in [0.05, 0.1) is 17.9 Å². The maximum atomic E-state index is 13.3. The van der Waals surface area contributed by atoms with E-state index in [2.05, 4.69) is 15.6 Å². The molecule has 1 fully saturated rings. The first-order valence-corrected chi connectivity index (χ1v) is 6.71. The molecule has 1 aliphatic heterocycles. The predicted molar refractivity (Wildman–Crippen MR) is 71.2 cm³/mol. The summed E-state index contributed by atoms with van der Waals surface area (Å²) in [5.74, 6) is -0.229. The molecule has 2 heterocycles. The molecule has 1 saturated heterocycles. The molecule has 100 valence electrons. The zero-order chi connectivity index (χ0) is 13.1. The number of aromatic nitrogens is 3. The summed E-state index contributed by atoms with van der Waals surface area (Å²) in [6.07, 6.45) is 4.96. The van der Waals surface area contributed by atoms with Crippen molar-refractivity contribution in [2.75, 3.05) is 13.1 Å². The maximum absolute atomic E-state index is 13.3. The van der Waals surface area contributed by atoms with E-state index in [-0.39, 0.29) is 5.82 Å². The van der Waals surface area contributed by atoms with Crippen LogP contribution in [-0.2, 0) is 0 Å². The van der Waals surface area contributed by atoms with Crippen LogP contribution in [0.25, 0.3) is 11.3 Å². The summed E-state index contributed by atoms with van der Waals surface area (Å²) in [4.78, 5) is 0. The summed E-state index contributed by atoms with van der Waals surface area (Å²) < 4.78 is 15.3. The van der Waals surface area contributed by atoms with Crippen LogP contribution in [0.2, 0.25) is 0 Å². The molecule has 4 nitrogen and oxygen atoms in total. The van der Waals surface area contributed by atoms with Gasteiger partial charge in [0.15, 0.2) is 0 Å². The van der Waals surface area contributed by atoms with E-state index in [9.17, 15) is 4.39 Å². The molecule has 1 aromatic carbocycles. The highest BCUT2D eigenvalue weighted by atomic mass is 19.1. The van der Waals surface area contributed by atoms with Crippen molar-refractivity contribution < 1.29 is 4.39 Å². The standard InChI is InChI=1S/C14H17FN4/c15-12-4-1-3-11(9-12)14-10-17-18-19(14)13-5-2-7-16-8-6-13/h1,3-4,9-10,13,16H,2,5-8H2. The van der Waals surface area contributed by atoms with Gasteiger partial charge in [0, 0.05) is 5.56 Å². The molecule has 1 aromatic heterocycles. The van der Waals surface area contributed by atoms with Crippen molar-refractivity contribution in [2.45, 2.75) is 25.3 Å². The first-order chi connectivity index (χ1) is 9.34. The van der Waals surface area contributed by atoms with Crippen molar-refractivity contribution in [3.8, 4) is 11.3 Å². The van der Waals surface area contributed by atoms with Crippen LogP contribution < -0.4 is 5.32 Å². The third-order valence-electron chi connectivity index (χ3n) is 3.59. The van der Waals surface area contributed by atoms with Gasteiger partial charge in [0.2, 0.25) is 0 Å². The van der Waals surface area contributed by atoms with Crippen LogP contribution in [0.5, 0.6) is 0 Å². The molecule has 2 aromatic rings. The molecule has 1 unspecified atom stereocenters. The van der Waals surface area contributed by atoms with Crippen LogP contribution in [-0.4, -0.2) is 28.1 Å². The van der Waals surface area contributed by atoms with E-state index in [1.165, 1.54) is 12.1 Å². The molecular formula is C14H17FN4. The van der Waals surface area contributed by atoms with Gasteiger partial charge in [-0.2, -0.15) is 0 Å². The molecule has 0 bridgehead atoms. The van der Waals surface area contributed by atoms with Gasteiger partial charge in [-0.25, -0.2) is 9.07 Å². The lowest BCUT2D eigenvalue weighted by Gasteiger charge is -2.16. The fraction of sp³-hybridized carbons (Fsp3) is 0.429. The number of hydrogen-bond donors (Lipinski definition) is 1. The van der Waals surface area contributed by atoms with E-state index in [4.69, 9.17) is 0 Å². The maximum Gasteiger partial charge on any atom is 0.123 e. The lowest BCUT2D eigenvalue weighted by Crippen LogP contribution is -2.16. The molecule has 0 saturated carbocycles. The average Bonchev–Trinajstić information content (AvgIpc) is 2.75. The Balaban J connectivity index is 1.93. The molecule has 19 heavy (non-hydrogen) atoms. The van der Waals surface area contributed by atoms with Gasteiger partial charge in [0.25, 0.3) is 0 Å². The lowest BCUT2D eigenvalue weighted by atomic mass is 10.1. The van der Waals surface area contributed by atoms with E-state index in [1.807, 2.05) is 10.7 Å². The van der Waals surface area contributed by atoms with Gasteiger partial charge in [-0.15, -0.1) is 5.10 Å². The number of rotatable bonds is 2. The van der Waals surface area contributed by atoms with Gasteiger partial charge in [-0.1, -0.05) is 17.3 Å². The Morgan fingerprint density at radius 1 is 1.26 bits per heavy atom. The first-order valence-electron chi connectivity index (χ1n) is 6.71. The van der Waals surface area contributed by atoms with Crippen LogP contribution in [0.1, 0.15) is 25.3 Å². The molecule has 0 aliphatic carbocycles. The van der Waals surface area contributed by atoms with Crippen molar-refractivity contribution in [1.82, 2.24) is 20.3 Å². The number of nitrogens with zero attached hydrogens (tertiary/aromatic N) is 3. The summed E-state index contributed by atoms with van der Waals surface area (Å²) in [5.41, 5.74) is 1.73. The molecule has 1 N–H and O–H groups in total. The summed E-state index contributed by atoms with van der Waals surface area (Å²) >= 11 is 0. The highest BCUT2D eigenvalue weighted by Crippen LogP contribution is 2.26. The molecular weight excluding hydrogens is 243 g/mol. The minimum absolute atomic E-state index is 0.229. The predicted octanol–water partition coefficient (Wildman–Crippen LogP) is 2.40. The summed E-state index contributed by atoms with van der Waals surface area (Å²) in [6.45, 7) is 2.05. The van der Waals surface area contributed by atoms with Crippen LogP contribution in [0.4, 0.5) is 4.39 Å². The Kier molecular flexibility index (Phi) is 3.55. The van der Waals surface area contributed by atoms with Crippen LogP contribution in [0, 0.1) is 5.82 Å². The van der Waals surface area contributed by atoms with Gasteiger partial charge in [-0.05, 0) is 44.5 Å². The van der Waals surface area contributed by atoms with Gasteiger partial charge in [-0.3, -0.25) is 0 Å². The SMILES string of the molecule is Fc1cccc(-c2cnnn2C2CCCNCC2)c1. The highest BCUT2D eigenvalue weighted by Gasteiger charge is 2.18. The smallest absolute Gasteiger partial charge is 0.123 e. The van der Waals surface area contributed by atoms with Crippen LogP contribution in [0.3, 0.4) is 0 Å². The minimum atomic E-state index is -0.229. The molecule has 5 heteroatoms. The number of halogens is 1. The van der Waals surface area contributed by atoms with Crippen molar-refractivity contribution in [3.05, 3.63) is 36.3 Å². The van der Waals surface area contributed by atoms with E-state index in [0.717, 1.165) is 43.6 Å². The molecule has 0 amide bonds. The molecule has 1 atom stereocenters. The van der Waals surface area contributed by atoms with Crippen molar-refractivity contribution in [1.29, 1.82) is 0 Å². The zero-order valence-corrected chi connectivity index (χ0v) is 10.7. The Morgan fingerprint density at radius 2 is 2.21 bits per heavy atom. The van der Waals surface area contributed by atoms with E-state index < -0.39 is 0 Å². The monoisotopic (exact) mass is 260 g/mol. The Labute approximate surface area is 111 Å². The van der Waals surface area contributed by atoms with E-state index in [0.29, 0.717) is 6.04 Å². The van der Waals surface area contributed by atoms with Crippen molar-refractivity contribution >= 4 is 0 Å². The van der Waals surface area contributed by atoms with Gasteiger partial charge in [0.1, 0.15) is 5.82 Å². The second-order valence-corrected chi connectivity index (χ2v) is 4.91. The highest BCUT2D eigenvalue weighted by molar-refractivity contribution is 5.58. The van der Waals surface area contributed by atoms with Gasteiger partial charge < -0.3 is 5.32 Å². The Morgan fingerprint density at radius 3 is 3.11 bits per heavy atom. The van der Waals surface area contributed by atoms with Gasteiger partial charge >= 0.3 is 0 Å². The largest absolute Gasteiger partial charge is 0.317 e. The third kappa shape index (κ3) is 2.66. The Hall–Kier alpha value is -1.75. The summed E-state index contributed by atoms with van der Waals surface area (Å²) in [7, 11) is 0. The number of hydrogen-bond acceptors (Lipinski definition) is 3. The second kappa shape index (κ2) is 5.48. The topological polar surface area (TPSA) is 42.7 Å². The number of benzene rings is 1. The van der Waals surface area contributed by atoms with Crippen molar-refractivity contribution in [2.24, 2.45) is 0 Å². The third-order valence-corrected chi connectivity index (χ3v) is 3.59. The number of nitrogens with one attached hydrogen (secondary N) is 1. The van der Waals surface area contributed by atoms with E-state index in [1.54, 1.807) is 12.3 Å². The molecule has 3 rings (SSSR count). The molecule has 0 radical (unpaired) electrons. The summed E-state index contributed by atoms with van der Waals surface area (Å²) in [6, 6.07) is 6.94. The summed E-state index contributed by atoms with van der Waals surface area (Å²) in [5, 5.41) is 11.6. The second-order valence-electron chi connectivity index (χ2n) is 4.91. The minimum Gasteiger partial charge on any atom is -0.317 e. The molecule has 0 spiro atoms. The van der Waals surface area contributed by atoms with Crippen LogP contribution in [0.15, 0.2) is 30.5 Å².